The van der Waals surface area contributed by atoms with Crippen LogP contribution in [0.2, 0.25) is 6.32 Å². The standard InChI is InChI=1S/C16H36N.C5H9BF3/c1-5-9-13-17(14-10-6-2,15-11-7-3)16-12-8-4;1-5(2)3-4-6(7,8)9/h5-16H2,1-4H3;1,3-4H2,2H3/q+1;-1. The zero-order chi connectivity index (χ0) is 20.5. The predicted molar refractivity (Wildman–Crippen MR) is 113 cm³/mol. The molecule has 1 nitrogen and oxygen atoms in total. The van der Waals surface area contributed by atoms with Gasteiger partial charge in [-0.1, -0.05) is 71.7 Å². The fourth-order valence-corrected chi connectivity index (χ4v) is 3.05. The molecule has 0 aliphatic heterocycles. The van der Waals surface area contributed by atoms with E-state index in [1.165, 1.54) is 82.0 Å². The summed E-state index contributed by atoms with van der Waals surface area (Å²) in [7, 11) is 0. The average molecular weight is 379 g/mol. The number of nitrogens with zero attached hydrogens (tertiary/aromatic N) is 1. The average Bonchev–Trinajstić information content (AvgIpc) is 2.59. The third-order valence-corrected chi connectivity index (χ3v) is 4.84. The Kier molecular flexibility index (Phi) is 17.8. The Morgan fingerprint density at radius 3 is 1.19 bits per heavy atom. The molecule has 5 heteroatoms. The maximum absolute atomic E-state index is 11.4. The zero-order valence-electron chi connectivity index (χ0n) is 18.3. The summed E-state index contributed by atoms with van der Waals surface area (Å²) in [5.74, 6) is 0. The van der Waals surface area contributed by atoms with E-state index in [-0.39, 0.29) is 6.42 Å². The third-order valence-electron chi connectivity index (χ3n) is 4.84. The second kappa shape index (κ2) is 16.7. The number of hydrogen-bond donors (Lipinski definition) is 0. The quantitative estimate of drug-likeness (QED) is 0.155. The lowest BCUT2D eigenvalue weighted by Gasteiger charge is -2.39. The Morgan fingerprint density at radius 2 is 1.04 bits per heavy atom. The lowest BCUT2D eigenvalue weighted by Crippen LogP contribution is -2.50. The molecule has 0 fully saturated rings. The summed E-state index contributed by atoms with van der Waals surface area (Å²) in [6.07, 6.45) is 10.4. The van der Waals surface area contributed by atoms with Crippen LogP contribution in [0.4, 0.5) is 12.9 Å². The van der Waals surface area contributed by atoms with Gasteiger partial charge in [-0.3, -0.25) is 0 Å². The zero-order valence-corrected chi connectivity index (χ0v) is 18.3. The number of unbranched alkanes of at least 4 members (excludes halogenated alkanes) is 4. The van der Waals surface area contributed by atoms with E-state index in [2.05, 4.69) is 34.3 Å². The molecule has 0 bridgehead atoms. The van der Waals surface area contributed by atoms with Crippen molar-refractivity contribution in [2.75, 3.05) is 26.2 Å². The summed E-state index contributed by atoms with van der Waals surface area (Å²) in [5, 5.41) is 0. The molecular weight excluding hydrogens is 334 g/mol. The van der Waals surface area contributed by atoms with Crippen molar-refractivity contribution in [3.05, 3.63) is 12.2 Å². The fraction of sp³-hybridized carbons (Fsp3) is 0.905. The van der Waals surface area contributed by atoms with E-state index in [0.29, 0.717) is 5.57 Å². The topological polar surface area (TPSA) is 0 Å². The van der Waals surface area contributed by atoms with Gasteiger partial charge in [0.1, 0.15) is 0 Å². The Balaban J connectivity index is 0. The van der Waals surface area contributed by atoms with Crippen molar-refractivity contribution in [2.24, 2.45) is 0 Å². The monoisotopic (exact) mass is 379 g/mol. The van der Waals surface area contributed by atoms with Gasteiger partial charge in [0.25, 0.3) is 0 Å². The lowest BCUT2D eigenvalue weighted by molar-refractivity contribution is -0.929. The Labute approximate surface area is 162 Å². The molecule has 158 valence electrons. The highest BCUT2D eigenvalue weighted by molar-refractivity contribution is 6.58. The minimum absolute atomic E-state index is 0.0729. The molecule has 0 saturated heterocycles. The minimum atomic E-state index is -4.59. The van der Waals surface area contributed by atoms with Gasteiger partial charge in [0, 0.05) is 0 Å². The molecule has 0 atom stereocenters. The van der Waals surface area contributed by atoms with E-state index in [1.54, 1.807) is 6.92 Å². The summed E-state index contributed by atoms with van der Waals surface area (Å²) in [6.45, 7) is 15.4. The first-order valence-corrected chi connectivity index (χ1v) is 10.9. The molecule has 0 spiro atoms. The summed E-state index contributed by atoms with van der Waals surface area (Å²) in [6, 6.07) is 0. The van der Waals surface area contributed by atoms with Gasteiger partial charge in [-0.15, -0.1) is 6.58 Å². The molecule has 0 aromatic heterocycles. The SMILES string of the molecule is C=C(C)CC[B-](F)(F)F.CCCC[N+](CCCC)(CCCC)CCCC. The van der Waals surface area contributed by atoms with Crippen LogP contribution in [0.1, 0.15) is 92.4 Å². The summed E-state index contributed by atoms with van der Waals surface area (Å²) in [5.41, 5.74) is 0.592. The van der Waals surface area contributed by atoms with E-state index >= 15 is 0 Å². The Bertz CT molecular complexity index is 292. The molecule has 0 aliphatic rings. The van der Waals surface area contributed by atoms with Crippen molar-refractivity contribution in [2.45, 2.75) is 98.7 Å². The van der Waals surface area contributed by atoms with Crippen LogP contribution >= 0.6 is 0 Å². The number of quaternary nitrogens is 1. The summed E-state index contributed by atoms with van der Waals surface area (Å²) < 4.78 is 35.7. The van der Waals surface area contributed by atoms with Crippen LogP contribution < -0.4 is 0 Å². The van der Waals surface area contributed by atoms with Gasteiger partial charge >= 0.3 is 6.98 Å². The van der Waals surface area contributed by atoms with Crippen molar-refractivity contribution in [1.82, 2.24) is 0 Å². The number of halogens is 3. The van der Waals surface area contributed by atoms with Gasteiger partial charge in [-0.25, -0.2) is 0 Å². The van der Waals surface area contributed by atoms with Crippen LogP contribution in [-0.2, 0) is 0 Å². The van der Waals surface area contributed by atoms with Gasteiger partial charge in [0.2, 0.25) is 0 Å². The molecule has 0 aromatic carbocycles. The lowest BCUT2D eigenvalue weighted by atomic mass is 9.83. The fourth-order valence-electron chi connectivity index (χ4n) is 3.05. The molecule has 0 saturated carbocycles. The molecule has 0 aromatic rings. The van der Waals surface area contributed by atoms with Gasteiger partial charge in [-0.2, -0.15) is 0 Å². The van der Waals surface area contributed by atoms with Crippen LogP contribution in [0.25, 0.3) is 0 Å². The largest absolute Gasteiger partial charge is 0.478 e. The van der Waals surface area contributed by atoms with Crippen LogP contribution in [-0.4, -0.2) is 37.6 Å². The van der Waals surface area contributed by atoms with Crippen molar-refractivity contribution in [3.63, 3.8) is 0 Å². The van der Waals surface area contributed by atoms with E-state index in [4.69, 9.17) is 0 Å². The molecule has 0 unspecified atom stereocenters. The van der Waals surface area contributed by atoms with Crippen molar-refractivity contribution < 1.29 is 17.4 Å². The number of allylic oxidation sites excluding steroid dienone is 1. The second-order valence-corrected chi connectivity index (χ2v) is 7.86. The van der Waals surface area contributed by atoms with Crippen LogP contribution in [0, 0.1) is 0 Å². The molecule has 0 heterocycles. The number of rotatable bonds is 15. The van der Waals surface area contributed by atoms with Gasteiger partial charge in [0.15, 0.2) is 0 Å². The number of hydrogen-bond acceptors (Lipinski definition) is 0. The van der Waals surface area contributed by atoms with Gasteiger partial charge in [0.05, 0.1) is 26.2 Å². The van der Waals surface area contributed by atoms with Crippen LogP contribution in [0.5, 0.6) is 0 Å². The Morgan fingerprint density at radius 1 is 0.731 bits per heavy atom. The highest BCUT2D eigenvalue weighted by Gasteiger charge is 2.24. The molecule has 0 aliphatic carbocycles. The first-order valence-electron chi connectivity index (χ1n) is 10.9. The molecule has 0 amide bonds. The minimum Gasteiger partial charge on any atom is -0.449 e. The highest BCUT2D eigenvalue weighted by Crippen LogP contribution is 2.19. The molecular formula is C21H45BF3N. The van der Waals surface area contributed by atoms with E-state index in [0.717, 1.165) is 0 Å². The maximum Gasteiger partial charge on any atom is 0.478 e. The summed E-state index contributed by atoms with van der Waals surface area (Å²) in [4.78, 5) is 0. The molecule has 0 rings (SSSR count). The van der Waals surface area contributed by atoms with Gasteiger partial charge < -0.3 is 17.4 Å². The molecule has 0 radical (unpaired) electrons. The van der Waals surface area contributed by atoms with Crippen molar-refractivity contribution in [1.29, 1.82) is 0 Å². The van der Waals surface area contributed by atoms with E-state index < -0.39 is 13.3 Å². The van der Waals surface area contributed by atoms with E-state index in [1.807, 2.05) is 0 Å². The highest BCUT2D eigenvalue weighted by atomic mass is 19.4. The van der Waals surface area contributed by atoms with Crippen LogP contribution in [0.3, 0.4) is 0 Å². The third kappa shape index (κ3) is 18.3. The summed E-state index contributed by atoms with van der Waals surface area (Å²) >= 11 is 0. The Hall–Kier alpha value is -0.445. The normalized spacial score (nSPS) is 11.8. The molecule has 26 heavy (non-hydrogen) atoms. The predicted octanol–water partition coefficient (Wildman–Crippen LogP) is 7.80. The van der Waals surface area contributed by atoms with E-state index in [9.17, 15) is 12.9 Å². The smallest absolute Gasteiger partial charge is 0.449 e. The van der Waals surface area contributed by atoms with Crippen molar-refractivity contribution in [3.8, 4) is 0 Å². The molecule has 0 N–H and O–H groups in total. The van der Waals surface area contributed by atoms with Gasteiger partial charge in [-0.05, 0) is 32.6 Å². The maximum atomic E-state index is 11.4. The second-order valence-electron chi connectivity index (χ2n) is 7.86. The first-order chi connectivity index (χ1) is 12.2. The first kappa shape index (κ1) is 27.8. The van der Waals surface area contributed by atoms with Crippen LogP contribution in [0.15, 0.2) is 12.2 Å². The van der Waals surface area contributed by atoms with Crippen molar-refractivity contribution >= 4 is 6.98 Å².